The summed E-state index contributed by atoms with van der Waals surface area (Å²) in [5.41, 5.74) is 0. The number of furan rings is 1. The van der Waals surface area contributed by atoms with Crippen molar-refractivity contribution < 1.29 is 12.8 Å². The quantitative estimate of drug-likeness (QED) is 0.859. The van der Waals surface area contributed by atoms with Gasteiger partial charge in [-0.05, 0) is 56.6 Å². The molecule has 6 heteroatoms. The van der Waals surface area contributed by atoms with Crippen LogP contribution in [-0.2, 0) is 10.2 Å². The maximum Gasteiger partial charge on any atom is 0.282 e. The fourth-order valence-electron chi connectivity index (χ4n) is 4.61. The summed E-state index contributed by atoms with van der Waals surface area (Å²) >= 11 is 0. The van der Waals surface area contributed by atoms with Crippen LogP contribution in [0.5, 0.6) is 0 Å². The van der Waals surface area contributed by atoms with Gasteiger partial charge in [0.2, 0.25) is 0 Å². The number of hydrogen-bond acceptors (Lipinski definition) is 3. The molecule has 22 heavy (non-hydrogen) atoms. The van der Waals surface area contributed by atoms with Crippen LogP contribution < -0.4 is 0 Å². The predicted molar refractivity (Wildman–Crippen MR) is 83.4 cm³/mol. The predicted octanol–water partition coefficient (Wildman–Crippen LogP) is 2.93. The third-order valence-electron chi connectivity index (χ3n) is 5.61. The first-order valence-electron chi connectivity index (χ1n) is 8.50. The lowest BCUT2D eigenvalue weighted by molar-refractivity contribution is 0.184. The average Bonchev–Trinajstić information content (AvgIpc) is 3.25. The van der Waals surface area contributed by atoms with Crippen LogP contribution in [0, 0.1) is 5.92 Å². The summed E-state index contributed by atoms with van der Waals surface area (Å²) in [6, 6.07) is 3.85. The Balaban J connectivity index is 1.62. The lowest BCUT2D eigenvalue weighted by Crippen LogP contribution is -2.51. The van der Waals surface area contributed by atoms with E-state index in [9.17, 15) is 8.42 Å². The van der Waals surface area contributed by atoms with E-state index in [1.807, 2.05) is 16.4 Å². The number of rotatable bonds is 3. The molecule has 4 rings (SSSR count). The Labute approximate surface area is 132 Å². The van der Waals surface area contributed by atoms with Gasteiger partial charge < -0.3 is 4.42 Å². The first-order chi connectivity index (χ1) is 10.7. The zero-order chi connectivity index (χ0) is 15.2. The minimum Gasteiger partial charge on any atom is -0.468 e. The highest BCUT2D eigenvalue weighted by Gasteiger charge is 2.46. The summed E-state index contributed by atoms with van der Waals surface area (Å²) in [7, 11) is -3.38. The highest BCUT2D eigenvalue weighted by Crippen LogP contribution is 2.42. The Bertz CT molecular complexity index is 613. The summed E-state index contributed by atoms with van der Waals surface area (Å²) in [4.78, 5) is 0. The average molecular weight is 324 g/mol. The van der Waals surface area contributed by atoms with E-state index in [0.29, 0.717) is 19.0 Å². The molecule has 0 bridgehead atoms. The third kappa shape index (κ3) is 2.32. The van der Waals surface area contributed by atoms with Crippen LogP contribution in [0.25, 0.3) is 0 Å². The summed E-state index contributed by atoms with van der Waals surface area (Å²) in [5, 5.41) is 0. The first kappa shape index (κ1) is 14.7. The molecular weight excluding hydrogens is 300 g/mol. The van der Waals surface area contributed by atoms with Gasteiger partial charge in [0.05, 0.1) is 12.3 Å². The van der Waals surface area contributed by atoms with Gasteiger partial charge in [0.15, 0.2) is 0 Å². The SMILES string of the molecule is O=S(=O)(N1CCC[C@@H]1c1ccco1)N1CCC[C@H]2CCC[C@H]21. The van der Waals surface area contributed by atoms with E-state index >= 15 is 0 Å². The van der Waals surface area contributed by atoms with Gasteiger partial charge in [0.25, 0.3) is 10.2 Å². The minimum absolute atomic E-state index is 0.123. The second kappa shape index (κ2) is 5.65. The molecule has 0 N–H and O–H groups in total. The van der Waals surface area contributed by atoms with E-state index in [4.69, 9.17) is 4.42 Å². The second-order valence-electron chi connectivity index (χ2n) is 6.80. The van der Waals surface area contributed by atoms with Gasteiger partial charge in [-0.25, -0.2) is 0 Å². The van der Waals surface area contributed by atoms with Crippen molar-refractivity contribution in [2.75, 3.05) is 13.1 Å². The van der Waals surface area contributed by atoms with E-state index in [0.717, 1.165) is 31.4 Å². The highest BCUT2D eigenvalue weighted by atomic mass is 32.2. The largest absolute Gasteiger partial charge is 0.468 e. The van der Waals surface area contributed by atoms with E-state index < -0.39 is 10.2 Å². The van der Waals surface area contributed by atoms with Crippen LogP contribution in [0.1, 0.15) is 56.7 Å². The molecule has 3 aliphatic rings. The van der Waals surface area contributed by atoms with Crippen LogP contribution in [0.4, 0.5) is 0 Å². The lowest BCUT2D eigenvalue weighted by atomic mass is 9.94. The summed E-state index contributed by atoms with van der Waals surface area (Å²) in [6.07, 6.45) is 8.98. The van der Waals surface area contributed by atoms with Crippen molar-refractivity contribution in [2.24, 2.45) is 5.92 Å². The second-order valence-corrected chi connectivity index (χ2v) is 8.64. The lowest BCUT2D eigenvalue weighted by Gasteiger charge is -2.39. The monoisotopic (exact) mass is 324 g/mol. The molecule has 122 valence electrons. The van der Waals surface area contributed by atoms with Gasteiger partial charge >= 0.3 is 0 Å². The Kier molecular flexibility index (Phi) is 3.78. The number of nitrogens with zero attached hydrogens (tertiary/aromatic N) is 2. The zero-order valence-corrected chi connectivity index (χ0v) is 13.7. The fraction of sp³-hybridized carbons (Fsp3) is 0.750. The van der Waals surface area contributed by atoms with Crippen LogP contribution in [0.2, 0.25) is 0 Å². The van der Waals surface area contributed by atoms with Crippen LogP contribution in [0.3, 0.4) is 0 Å². The molecule has 3 atom stereocenters. The third-order valence-corrected chi connectivity index (χ3v) is 7.69. The first-order valence-corrected chi connectivity index (χ1v) is 9.89. The molecule has 1 aromatic rings. The zero-order valence-electron chi connectivity index (χ0n) is 12.9. The Morgan fingerprint density at radius 3 is 2.59 bits per heavy atom. The van der Waals surface area contributed by atoms with Gasteiger partial charge in [-0.3, -0.25) is 0 Å². The van der Waals surface area contributed by atoms with E-state index in [1.54, 1.807) is 10.6 Å². The maximum absolute atomic E-state index is 13.2. The molecule has 0 aromatic carbocycles. The van der Waals surface area contributed by atoms with Crippen molar-refractivity contribution in [3.8, 4) is 0 Å². The van der Waals surface area contributed by atoms with Crippen LogP contribution in [-0.4, -0.2) is 36.2 Å². The van der Waals surface area contributed by atoms with Gasteiger partial charge in [-0.15, -0.1) is 0 Å². The Morgan fingerprint density at radius 2 is 1.77 bits per heavy atom. The molecule has 3 heterocycles. The molecule has 0 radical (unpaired) electrons. The van der Waals surface area contributed by atoms with Crippen molar-refractivity contribution in [1.82, 2.24) is 8.61 Å². The number of piperidine rings is 1. The van der Waals surface area contributed by atoms with Gasteiger partial charge in [0, 0.05) is 19.1 Å². The van der Waals surface area contributed by atoms with Gasteiger partial charge in [-0.1, -0.05) is 6.42 Å². The van der Waals surface area contributed by atoms with E-state index in [-0.39, 0.29) is 12.1 Å². The smallest absolute Gasteiger partial charge is 0.282 e. The summed E-state index contributed by atoms with van der Waals surface area (Å²) in [5.74, 6) is 1.36. The topological polar surface area (TPSA) is 53.8 Å². The van der Waals surface area contributed by atoms with Crippen LogP contribution >= 0.6 is 0 Å². The fourth-order valence-corrected chi connectivity index (χ4v) is 6.75. The molecule has 1 aliphatic carbocycles. The van der Waals surface area contributed by atoms with Crippen molar-refractivity contribution in [1.29, 1.82) is 0 Å². The van der Waals surface area contributed by atoms with E-state index in [2.05, 4.69) is 0 Å². The molecule has 5 nitrogen and oxygen atoms in total. The summed E-state index contributed by atoms with van der Waals surface area (Å²) in [6.45, 7) is 1.30. The Hall–Kier alpha value is -0.850. The summed E-state index contributed by atoms with van der Waals surface area (Å²) < 4.78 is 35.5. The van der Waals surface area contributed by atoms with Gasteiger partial charge in [-0.2, -0.15) is 17.0 Å². The molecular formula is C16H24N2O3S. The molecule has 1 aromatic heterocycles. The Morgan fingerprint density at radius 1 is 1.00 bits per heavy atom. The standard InChI is InChI=1S/C16H24N2O3S/c19-22(20,17-10-2-6-13-5-1-7-14(13)17)18-11-3-8-15(18)16-9-4-12-21-16/h4,9,12-15H,1-3,5-8,10-11H2/t13-,14-,15-/m1/s1. The molecule has 0 spiro atoms. The highest BCUT2D eigenvalue weighted by molar-refractivity contribution is 7.86. The molecule has 2 aliphatic heterocycles. The van der Waals surface area contributed by atoms with Gasteiger partial charge in [0.1, 0.15) is 5.76 Å². The van der Waals surface area contributed by atoms with Crippen LogP contribution in [0.15, 0.2) is 22.8 Å². The van der Waals surface area contributed by atoms with Crippen molar-refractivity contribution in [3.63, 3.8) is 0 Å². The van der Waals surface area contributed by atoms with Crippen molar-refractivity contribution >= 4 is 10.2 Å². The normalized spacial score (nSPS) is 34.1. The number of fused-ring (bicyclic) bond motifs is 1. The molecule has 1 saturated carbocycles. The van der Waals surface area contributed by atoms with E-state index in [1.165, 1.54) is 19.3 Å². The maximum atomic E-state index is 13.2. The molecule has 0 unspecified atom stereocenters. The molecule has 3 fully saturated rings. The molecule has 2 saturated heterocycles. The minimum atomic E-state index is -3.38. The number of hydrogen-bond donors (Lipinski definition) is 0. The van der Waals surface area contributed by atoms with Crippen molar-refractivity contribution in [2.45, 2.75) is 57.0 Å². The molecule has 0 amide bonds. The van der Waals surface area contributed by atoms with Crippen molar-refractivity contribution in [3.05, 3.63) is 24.2 Å².